The molecule has 0 unspecified atom stereocenters. The molecule has 8 heteroatoms. The number of aliphatic carboxylic acids is 1. The SMILES string of the molecule is C[C@@H](O)[C@H](NC(=O)NCCCC(N)=O)C(=O)O. The van der Waals surface area contributed by atoms with Gasteiger partial charge >= 0.3 is 12.0 Å². The van der Waals surface area contributed by atoms with E-state index in [0.29, 0.717) is 6.42 Å². The fraction of sp³-hybridized carbons (Fsp3) is 0.667. The first-order chi connectivity index (χ1) is 7.84. The van der Waals surface area contributed by atoms with Crippen LogP contribution < -0.4 is 16.4 Å². The quantitative estimate of drug-likeness (QED) is 0.344. The monoisotopic (exact) mass is 247 g/mol. The van der Waals surface area contributed by atoms with Crippen molar-refractivity contribution in [3.63, 3.8) is 0 Å². The van der Waals surface area contributed by atoms with E-state index in [-0.39, 0.29) is 13.0 Å². The van der Waals surface area contributed by atoms with Crippen LogP contribution in [-0.2, 0) is 9.59 Å². The Morgan fingerprint density at radius 3 is 2.35 bits per heavy atom. The van der Waals surface area contributed by atoms with E-state index in [0.717, 1.165) is 0 Å². The number of aliphatic hydroxyl groups is 1. The molecular formula is C9H17N3O5. The van der Waals surface area contributed by atoms with Gasteiger partial charge in [0.1, 0.15) is 0 Å². The van der Waals surface area contributed by atoms with E-state index in [9.17, 15) is 14.4 Å². The second kappa shape index (κ2) is 7.44. The Labute approximate surface area is 98.2 Å². The standard InChI is InChI=1S/C9H17N3O5/c1-5(13)7(8(15)16)12-9(17)11-4-2-3-6(10)14/h5,7,13H,2-4H2,1H3,(H2,10,14)(H,15,16)(H2,11,12,17)/t5-,7+/m1/s1. The number of urea groups is 1. The van der Waals surface area contributed by atoms with E-state index in [1.165, 1.54) is 6.92 Å². The third-order valence-corrected chi connectivity index (χ3v) is 1.92. The van der Waals surface area contributed by atoms with Gasteiger partial charge in [-0.2, -0.15) is 0 Å². The highest BCUT2D eigenvalue weighted by Gasteiger charge is 2.24. The number of carboxylic acid groups (broad SMARTS) is 1. The van der Waals surface area contributed by atoms with Gasteiger partial charge in [-0.3, -0.25) is 4.79 Å². The predicted octanol–water partition coefficient (Wildman–Crippen LogP) is -1.61. The highest BCUT2D eigenvalue weighted by atomic mass is 16.4. The van der Waals surface area contributed by atoms with Crippen LogP contribution in [0.1, 0.15) is 19.8 Å². The first-order valence-electron chi connectivity index (χ1n) is 5.08. The van der Waals surface area contributed by atoms with Crippen molar-refractivity contribution in [3.05, 3.63) is 0 Å². The maximum absolute atomic E-state index is 11.2. The molecule has 3 amide bonds. The average Bonchev–Trinajstić information content (AvgIpc) is 2.19. The minimum absolute atomic E-state index is 0.138. The molecule has 17 heavy (non-hydrogen) atoms. The van der Waals surface area contributed by atoms with Crippen LogP contribution in [0.2, 0.25) is 0 Å². The first-order valence-corrected chi connectivity index (χ1v) is 5.08. The van der Waals surface area contributed by atoms with Crippen LogP contribution in [0.3, 0.4) is 0 Å². The van der Waals surface area contributed by atoms with Gasteiger partial charge in [-0.15, -0.1) is 0 Å². The van der Waals surface area contributed by atoms with E-state index >= 15 is 0 Å². The molecule has 0 saturated heterocycles. The van der Waals surface area contributed by atoms with Crippen molar-refractivity contribution >= 4 is 17.9 Å². The van der Waals surface area contributed by atoms with Gasteiger partial charge < -0.3 is 26.6 Å². The van der Waals surface area contributed by atoms with E-state index in [2.05, 4.69) is 10.6 Å². The number of hydrogen-bond acceptors (Lipinski definition) is 4. The van der Waals surface area contributed by atoms with E-state index in [1.54, 1.807) is 0 Å². The summed E-state index contributed by atoms with van der Waals surface area (Å²) in [6.45, 7) is 1.45. The van der Waals surface area contributed by atoms with E-state index < -0.39 is 30.1 Å². The molecule has 0 aliphatic heterocycles. The summed E-state index contributed by atoms with van der Waals surface area (Å²) in [4.78, 5) is 32.2. The summed E-state index contributed by atoms with van der Waals surface area (Å²) in [7, 11) is 0. The molecule has 0 heterocycles. The zero-order chi connectivity index (χ0) is 13.4. The summed E-state index contributed by atoms with van der Waals surface area (Å²) >= 11 is 0. The number of aliphatic hydroxyl groups excluding tert-OH is 1. The van der Waals surface area contributed by atoms with Crippen molar-refractivity contribution in [2.75, 3.05) is 6.54 Å². The number of carboxylic acids is 1. The summed E-state index contributed by atoms with van der Waals surface area (Å²) in [5.74, 6) is -1.80. The lowest BCUT2D eigenvalue weighted by molar-refractivity contribution is -0.141. The number of nitrogens with one attached hydrogen (secondary N) is 2. The molecule has 0 aromatic rings. The molecule has 0 aliphatic rings. The van der Waals surface area contributed by atoms with Crippen LogP contribution in [0, 0.1) is 0 Å². The maximum Gasteiger partial charge on any atom is 0.328 e. The van der Waals surface area contributed by atoms with Gasteiger partial charge in [0.25, 0.3) is 0 Å². The number of rotatable bonds is 7. The van der Waals surface area contributed by atoms with E-state index in [1.807, 2.05) is 0 Å². The molecule has 0 saturated carbocycles. The Morgan fingerprint density at radius 2 is 1.94 bits per heavy atom. The van der Waals surface area contributed by atoms with Crippen LogP contribution in [0.4, 0.5) is 4.79 Å². The molecule has 0 bridgehead atoms. The first kappa shape index (κ1) is 15.2. The summed E-state index contributed by atoms with van der Waals surface area (Å²) in [5, 5.41) is 22.2. The summed E-state index contributed by atoms with van der Waals surface area (Å²) in [6, 6.07) is -2.09. The Bertz CT molecular complexity index is 292. The zero-order valence-corrected chi connectivity index (χ0v) is 9.47. The predicted molar refractivity (Wildman–Crippen MR) is 58.1 cm³/mol. The molecule has 8 nitrogen and oxygen atoms in total. The molecule has 0 spiro atoms. The van der Waals surface area contributed by atoms with Crippen LogP contribution >= 0.6 is 0 Å². The normalized spacial score (nSPS) is 13.5. The van der Waals surface area contributed by atoms with E-state index in [4.69, 9.17) is 15.9 Å². The third-order valence-electron chi connectivity index (χ3n) is 1.92. The zero-order valence-electron chi connectivity index (χ0n) is 9.47. The fourth-order valence-corrected chi connectivity index (χ4v) is 1.05. The molecule has 0 rings (SSSR count). The van der Waals surface area contributed by atoms with Gasteiger partial charge in [-0.1, -0.05) is 0 Å². The number of carbonyl (C=O) groups is 3. The highest BCUT2D eigenvalue weighted by molar-refractivity contribution is 5.83. The van der Waals surface area contributed by atoms with Crippen LogP contribution in [0.5, 0.6) is 0 Å². The Balaban J connectivity index is 3.91. The van der Waals surface area contributed by atoms with Crippen LogP contribution in [-0.4, -0.2) is 46.8 Å². The van der Waals surface area contributed by atoms with Gasteiger partial charge in [0.15, 0.2) is 6.04 Å². The second-order valence-corrected chi connectivity index (χ2v) is 3.53. The van der Waals surface area contributed by atoms with Gasteiger partial charge in [-0.25, -0.2) is 9.59 Å². The average molecular weight is 247 g/mol. The van der Waals surface area contributed by atoms with Crippen molar-refractivity contribution in [1.29, 1.82) is 0 Å². The lowest BCUT2D eigenvalue weighted by Gasteiger charge is -2.17. The molecule has 98 valence electrons. The molecule has 2 atom stereocenters. The van der Waals surface area contributed by atoms with Crippen LogP contribution in [0.25, 0.3) is 0 Å². The van der Waals surface area contributed by atoms with Crippen molar-refractivity contribution in [2.24, 2.45) is 5.73 Å². The number of carbonyl (C=O) groups excluding carboxylic acids is 2. The fourth-order valence-electron chi connectivity index (χ4n) is 1.05. The number of nitrogens with two attached hydrogens (primary N) is 1. The maximum atomic E-state index is 11.2. The Hall–Kier alpha value is -1.83. The summed E-state index contributed by atoms with van der Waals surface area (Å²) < 4.78 is 0. The van der Waals surface area contributed by atoms with Gasteiger partial charge in [0.2, 0.25) is 5.91 Å². The number of amides is 3. The minimum Gasteiger partial charge on any atom is -0.480 e. The van der Waals surface area contributed by atoms with Crippen molar-refractivity contribution < 1.29 is 24.6 Å². The summed E-state index contributed by atoms with van der Waals surface area (Å²) in [6.07, 6.45) is -0.697. The van der Waals surface area contributed by atoms with Gasteiger partial charge in [-0.05, 0) is 13.3 Å². The molecule has 6 N–H and O–H groups in total. The minimum atomic E-state index is -1.37. The van der Waals surface area contributed by atoms with Crippen molar-refractivity contribution in [2.45, 2.75) is 31.9 Å². The van der Waals surface area contributed by atoms with Crippen molar-refractivity contribution in [3.8, 4) is 0 Å². The Morgan fingerprint density at radius 1 is 1.35 bits per heavy atom. The second-order valence-electron chi connectivity index (χ2n) is 3.53. The van der Waals surface area contributed by atoms with Crippen LogP contribution in [0.15, 0.2) is 0 Å². The lowest BCUT2D eigenvalue weighted by atomic mass is 10.2. The largest absolute Gasteiger partial charge is 0.480 e. The summed E-state index contributed by atoms with van der Waals surface area (Å²) in [5.41, 5.74) is 4.89. The number of primary amides is 1. The number of hydrogen-bond donors (Lipinski definition) is 5. The molecule has 0 aromatic heterocycles. The topological polar surface area (TPSA) is 142 Å². The molecule has 0 radical (unpaired) electrons. The van der Waals surface area contributed by atoms with Crippen molar-refractivity contribution in [1.82, 2.24) is 10.6 Å². The molecule has 0 aliphatic carbocycles. The lowest BCUT2D eigenvalue weighted by Crippen LogP contribution is -2.51. The highest BCUT2D eigenvalue weighted by Crippen LogP contribution is 1.93. The van der Waals surface area contributed by atoms with Gasteiger partial charge in [0.05, 0.1) is 6.10 Å². The molecule has 0 fully saturated rings. The Kier molecular flexibility index (Phi) is 6.64. The molecular weight excluding hydrogens is 230 g/mol. The third kappa shape index (κ3) is 7.12. The molecule has 0 aromatic carbocycles. The van der Waals surface area contributed by atoms with Gasteiger partial charge in [0, 0.05) is 13.0 Å². The smallest absolute Gasteiger partial charge is 0.328 e.